The van der Waals surface area contributed by atoms with Crippen molar-refractivity contribution in [2.75, 3.05) is 5.32 Å². The number of nitrogens with zero attached hydrogens (tertiary/aromatic N) is 2. The summed E-state index contributed by atoms with van der Waals surface area (Å²) in [4.78, 5) is 7.16. The van der Waals surface area contributed by atoms with Crippen LogP contribution in [-0.2, 0) is 0 Å². The average Bonchev–Trinajstić information content (AvgIpc) is 2.08. The molecule has 0 amide bonds. The molecule has 0 bridgehead atoms. The molecule has 0 aromatic carbocycles. The standard InChI is InChI=1S/C8H12FN3O/c1-5(6(2)13)12-8-7(9)10-3-4-11-8/h3-6,13H,1-2H3,(H,11,12). The molecule has 1 aromatic heterocycles. The number of aromatic nitrogens is 2. The predicted molar refractivity (Wildman–Crippen MR) is 46.8 cm³/mol. The van der Waals surface area contributed by atoms with Crippen LogP contribution in [0.25, 0.3) is 0 Å². The summed E-state index contributed by atoms with van der Waals surface area (Å²) in [5.74, 6) is -0.592. The van der Waals surface area contributed by atoms with E-state index in [1.54, 1.807) is 13.8 Å². The summed E-state index contributed by atoms with van der Waals surface area (Å²) in [6, 6.07) is -0.258. The van der Waals surface area contributed by atoms with Crippen molar-refractivity contribution in [3.8, 4) is 0 Å². The van der Waals surface area contributed by atoms with Crippen LogP contribution in [0.3, 0.4) is 0 Å². The molecule has 0 aliphatic heterocycles. The maximum Gasteiger partial charge on any atom is 0.255 e. The van der Waals surface area contributed by atoms with Crippen molar-refractivity contribution in [3.05, 3.63) is 18.3 Å². The van der Waals surface area contributed by atoms with E-state index >= 15 is 0 Å². The second-order valence-corrected chi connectivity index (χ2v) is 2.87. The largest absolute Gasteiger partial charge is 0.391 e. The molecular weight excluding hydrogens is 173 g/mol. The minimum atomic E-state index is -0.657. The topological polar surface area (TPSA) is 58.0 Å². The zero-order valence-electron chi connectivity index (χ0n) is 7.53. The first kappa shape index (κ1) is 9.85. The van der Waals surface area contributed by atoms with Crippen LogP contribution in [-0.4, -0.2) is 27.2 Å². The molecule has 2 N–H and O–H groups in total. The maximum absolute atomic E-state index is 12.9. The van der Waals surface area contributed by atoms with E-state index in [0.29, 0.717) is 0 Å². The van der Waals surface area contributed by atoms with Crippen LogP contribution >= 0.6 is 0 Å². The fourth-order valence-corrected chi connectivity index (χ4v) is 0.754. The van der Waals surface area contributed by atoms with Crippen molar-refractivity contribution in [1.29, 1.82) is 0 Å². The molecule has 2 unspecified atom stereocenters. The molecule has 1 rings (SSSR count). The third kappa shape index (κ3) is 2.62. The van der Waals surface area contributed by atoms with Crippen LogP contribution in [0, 0.1) is 5.95 Å². The van der Waals surface area contributed by atoms with E-state index in [0.717, 1.165) is 0 Å². The lowest BCUT2D eigenvalue weighted by Gasteiger charge is -2.16. The summed E-state index contributed by atoms with van der Waals surface area (Å²) in [6.07, 6.45) is 2.09. The van der Waals surface area contributed by atoms with Gasteiger partial charge < -0.3 is 10.4 Å². The van der Waals surface area contributed by atoms with Crippen molar-refractivity contribution in [3.63, 3.8) is 0 Å². The van der Waals surface area contributed by atoms with Gasteiger partial charge in [0.05, 0.1) is 12.1 Å². The van der Waals surface area contributed by atoms with Gasteiger partial charge in [-0.05, 0) is 13.8 Å². The molecule has 0 fully saturated rings. The lowest BCUT2D eigenvalue weighted by molar-refractivity contribution is 0.177. The van der Waals surface area contributed by atoms with Crippen molar-refractivity contribution in [2.45, 2.75) is 26.0 Å². The Bertz CT molecular complexity index is 280. The van der Waals surface area contributed by atoms with Crippen molar-refractivity contribution >= 4 is 5.82 Å². The number of halogens is 1. The third-order valence-electron chi connectivity index (χ3n) is 1.74. The second kappa shape index (κ2) is 4.13. The molecule has 1 heterocycles. The quantitative estimate of drug-likeness (QED) is 0.731. The highest BCUT2D eigenvalue weighted by Gasteiger charge is 2.11. The lowest BCUT2D eigenvalue weighted by Crippen LogP contribution is -2.28. The molecule has 0 radical (unpaired) electrons. The van der Waals surface area contributed by atoms with Gasteiger partial charge in [-0.1, -0.05) is 0 Å². The Hall–Kier alpha value is -1.23. The van der Waals surface area contributed by atoms with Crippen molar-refractivity contribution < 1.29 is 9.50 Å². The average molecular weight is 185 g/mol. The summed E-state index contributed by atoms with van der Waals surface area (Å²) in [5, 5.41) is 11.9. The van der Waals surface area contributed by atoms with Crippen LogP contribution in [0.2, 0.25) is 0 Å². The Kier molecular flexibility index (Phi) is 3.13. The highest BCUT2D eigenvalue weighted by Crippen LogP contribution is 2.08. The van der Waals surface area contributed by atoms with Gasteiger partial charge in [-0.15, -0.1) is 0 Å². The number of hydrogen-bond acceptors (Lipinski definition) is 4. The number of aliphatic hydroxyl groups is 1. The van der Waals surface area contributed by atoms with Gasteiger partial charge in [-0.3, -0.25) is 0 Å². The minimum absolute atomic E-state index is 0.0656. The molecule has 0 saturated heterocycles. The van der Waals surface area contributed by atoms with Crippen LogP contribution < -0.4 is 5.32 Å². The number of aliphatic hydroxyl groups excluding tert-OH is 1. The van der Waals surface area contributed by atoms with Gasteiger partial charge in [0.25, 0.3) is 5.95 Å². The number of nitrogens with one attached hydrogen (secondary N) is 1. The van der Waals surface area contributed by atoms with E-state index in [2.05, 4.69) is 15.3 Å². The predicted octanol–water partition coefficient (Wildman–Crippen LogP) is 0.797. The molecule has 5 heteroatoms. The molecule has 0 spiro atoms. The SMILES string of the molecule is CC(O)C(C)Nc1nccnc1F. The van der Waals surface area contributed by atoms with Gasteiger partial charge in [0.1, 0.15) is 0 Å². The number of anilines is 1. The molecule has 0 aliphatic rings. The molecule has 0 aliphatic carbocycles. The van der Waals surface area contributed by atoms with Crippen LogP contribution in [0.4, 0.5) is 10.2 Å². The van der Waals surface area contributed by atoms with E-state index in [1.165, 1.54) is 12.4 Å². The Labute approximate surface area is 75.8 Å². The monoisotopic (exact) mass is 185 g/mol. The molecule has 1 aromatic rings. The Balaban J connectivity index is 2.69. The van der Waals surface area contributed by atoms with E-state index in [1.807, 2.05) is 0 Å². The van der Waals surface area contributed by atoms with E-state index < -0.39 is 12.1 Å². The summed E-state index contributed by atoms with van der Waals surface area (Å²) < 4.78 is 12.9. The van der Waals surface area contributed by atoms with E-state index in [4.69, 9.17) is 5.11 Å². The normalized spacial score (nSPS) is 15.1. The van der Waals surface area contributed by atoms with Gasteiger partial charge in [0.2, 0.25) is 0 Å². The minimum Gasteiger partial charge on any atom is -0.391 e. The first-order valence-electron chi connectivity index (χ1n) is 4.02. The first-order valence-corrected chi connectivity index (χ1v) is 4.02. The molecule has 13 heavy (non-hydrogen) atoms. The molecule has 72 valence electrons. The third-order valence-corrected chi connectivity index (χ3v) is 1.74. The Morgan fingerprint density at radius 3 is 2.54 bits per heavy atom. The summed E-state index contributed by atoms with van der Waals surface area (Å²) in [6.45, 7) is 3.35. The maximum atomic E-state index is 12.9. The lowest BCUT2D eigenvalue weighted by atomic mass is 10.2. The van der Waals surface area contributed by atoms with E-state index in [9.17, 15) is 4.39 Å². The first-order chi connectivity index (χ1) is 6.11. The van der Waals surface area contributed by atoms with Gasteiger partial charge in [0.15, 0.2) is 5.82 Å². The van der Waals surface area contributed by atoms with Crippen molar-refractivity contribution in [2.24, 2.45) is 0 Å². The summed E-state index contributed by atoms with van der Waals surface area (Å²) >= 11 is 0. The van der Waals surface area contributed by atoms with Gasteiger partial charge in [-0.25, -0.2) is 9.97 Å². The van der Waals surface area contributed by atoms with E-state index in [-0.39, 0.29) is 11.9 Å². The highest BCUT2D eigenvalue weighted by atomic mass is 19.1. The zero-order valence-corrected chi connectivity index (χ0v) is 7.53. The molecule has 4 nitrogen and oxygen atoms in total. The Morgan fingerprint density at radius 2 is 2.00 bits per heavy atom. The van der Waals surface area contributed by atoms with Gasteiger partial charge in [-0.2, -0.15) is 4.39 Å². The van der Waals surface area contributed by atoms with Crippen LogP contribution in [0.15, 0.2) is 12.4 Å². The molecule has 2 atom stereocenters. The summed E-state index contributed by atoms with van der Waals surface area (Å²) in [5.41, 5.74) is 0. The second-order valence-electron chi connectivity index (χ2n) is 2.87. The smallest absolute Gasteiger partial charge is 0.255 e. The fraction of sp³-hybridized carbons (Fsp3) is 0.500. The Morgan fingerprint density at radius 1 is 1.38 bits per heavy atom. The highest BCUT2D eigenvalue weighted by molar-refractivity contribution is 5.33. The van der Waals surface area contributed by atoms with Crippen LogP contribution in [0.1, 0.15) is 13.8 Å². The van der Waals surface area contributed by atoms with Crippen molar-refractivity contribution in [1.82, 2.24) is 9.97 Å². The molecule has 0 saturated carbocycles. The van der Waals surface area contributed by atoms with Gasteiger partial charge in [0, 0.05) is 12.4 Å². The number of rotatable bonds is 3. The summed E-state index contributed by atoms with van der Waals surface area (Å²) in [7, 11) is 0. The van der Waals surface area contributed by atoms with Gasteiger partial charge >= 0.3 is 0 Å². The molecular formula is C8H12FN3O. The number of hydrogen-bond donors (Lipinski definition) is 2. The fourth-order valence-electron chi connectivity index (χ4n) is 0.754. The zero-order chi connectivity index (χ0) is 9.84. The van der Waals surface area contributed by atoms with Crippen LogP contribution in [0.5, 0.6) is 0 Å².